The largest absolute Gasteiger partial charge is 0.493 e. The lowest BCUT2D eigenvalue weighted by atomic mass is 10.1. The molecule has 0 fully saturated rings. The monoisotopic (exact) mass is 201 g/mol. The smallest absolute Gasteiger partial charge is 0.423 e. The van der Waals surface area contributed by atoms with Crippen LogP contribution in [-0.2, 0) is 4.79 Å². The first kappa shape index (κ1) is 9.52. The van der Waals surface area contributed by atoms with Gasteiger partial charge in [0.2, 0.25) is 0 Å². The van der Waals surface area contributed by atoms with Crippen LogP contribution < -0.4 is 9.47 Å². The molecule has 0 aromatic heterocycles. The molecule has 0 heterocycles. The van der Waals surface area contributed by atoms with E-state index in [1.54, 1.807) is 6.07 Å². The number of carbonyl (C=O) groups excluding carboxylic acids is 1. The van der Waals surface area contributed by atoms with Crippen molar-refractivity contribution in [2.24, 2.45) is 0 Å². The van der Waals surface area contributed by atoms with E-state index in [4.69, 9.17) is 9.47 Å². The fourth-order valence-electron chi connectivity index (χ4n) is 1.53. The molecule has 0 N–H and O–H groups in total. The Bertz CT molecular complexity index is 491. The first-order valence-corrected chi connectivity index (χ1v) is 4.46. The van der Waals surface area contributed by atoms with E-state index < -0.39 is 0 Å². The molecule has 2 aromatic rings. The average Bonchev–Trinajstić information content (AvgIpc) is 2.30. The lowest BCUT2D eigenvalue weighted by Gasteiger charge is -2.08. The molecule has 0 aliphatic heterocycles. The van der Waals surface area contributed by atoms with E-state index in [9.17, 15) is 4.79 Å². The third kappa shape index (κ3) is 1.64. The summed E-state index contributed by atoms with van der Waals surface area (Å²) in [4.78, 5) is 10.3. The highest BCUT2D eigenvalue weighted by atomic mass is 16.5. The second-order valence-corrected chi connectivity index (χ2v) is 3.00. The molecule has 0 amide bonds. The van der Waals surface area contributed by atoms with Crippen LogP contribution in [0.25, 0.3) is 10.8 Å². The summed E-state index contributed by atoms with van der Waals surface area (Å²) < 4.78 is 9.91. The van der Waals surface area contributed by atoms with Gasteiger partial charge in [0.1, 0.15) is 0 Å². The van der Waals surface area contributed by atoms with Gasteiger partial charge >= 0.3 is 6.47 Å². The van der Waals surface area contributed by atoms with Crippen molar-refractivity contribution < 1.29 is 14.3 Å². The van der Waals surface area contributed by atoms with Gasteiger partial charge in [-0.1, -0.05) is 30.3 Å². The Kier molecular flexibility index (Phi) is 2.54. The van der Waals surface area contributed by atoms with Crippen LogP contribution in [0.1, 0.15) is 0 Å². The van der Waals surface area contributed by atoms with Crippen molar-refractivity contribution in [2.45, 2.75) is 0 Å². The minimum absolute atomic E-state index is 0.408. The van der Waals surface area contributed by atoms with Crippen molar-refractivity contribution in [3.63, 3.8) is 0 Å². The standard InChI is InChI=1S/C12H9O3/c1-14-11-7-6-9-4-2-3-5-10(9)12(11)15-8-13/h2-7H,1H3. The van der Waals surface area contributed by atoms with Gasteiger partial charge in [-0.05, 0) is 11.5 Å². The van der Waals surface area contributed by atoms with Crippen LogP contribution >= 0.6 is 0 Å². The minimum Gasteiger partial charge on any atom is -0.493 e. The summed E-state index contributed by atoms with van der Waals surface area (Å²) in [5.41, 5.74) is 0. The van der Waals surface area contributed by atoms with Gasteiger partial charge < -0.3 is 9.47 Å². The molecule has 2 aromatic carbocycles. The molecule has 0 saturated carbocycles. The lowest BCUT2D eigenvalue weighted by Crippen LogP contribution is -1.94. The van der Waals surface area contributed by atoms with Gasteiger partial charge in [0.15, 0.2) is 11.5 Å². The number of ether oxygens (including phenoxy) is 2. The maximum absolute atomic E-state index is 10.3. The zero-order valence-corrected chi connectivity index (χ0v) is 8.19. The Morgan fingerprint density at radius 1 is 1.13 bits per heavy atom. The number of rotatable bonds is 3. The van der Waals surface area contributed by atoms with E-state index in [2.05, 4.69) is 0 Å². The Morgan fingerprint density at radius 3 is 2.67 bits per heavy atom. The SMILES string of the molecule is COc1ccc2ccccc2c1O[C]=O. The van der Waals surface area contributed by atoms with E-state index in [1.807, 2.05) is 30.3 Å². The molecular formula is C12H9O3. The topological polar surface area (TPSA) is 35.5 Å². The first-order valence-electron chi connectivity index (χ1n) is 4.46. The summed E-state index contributed by atoms with van der Waals surface area (Å²) in [5.74, 6) is 0.933. The van der Waals surface area contributed by atoms with Crippen LogP contribution in [0.5, 0.6) is 11.5 Å². The van der Waals surface area contributed by atoms with Gasteiger partial charge in [-0.2, -0.15) is 0 Å². The maximum atomic E-state index is 10.3. The van der Waals surface area contributed by atoms with E-state index in [0.29, 0.717) is 11.5 Å². The average molecular weight is 201 g/mol. The lowest BCUT2D eigenvalue weighted by molar-refractivity contribution is 0.382. The third-order valence-electron chi connectivity index (χ3n) is 2.21. The third-order valence-corrected chi connectivity index (χ3v) is 2.21. The highest BCUT2D eigenvalue weighted by Gasteiger charge is 2.09. The molecule has 0 aliphatic carbocycles. The van der Waals surface area contributed by atoms with Crippen LogP contribution in [0, 0.1) is 0 Å². The van der Waals surface area contributed by atoms with E-state index in [-0.39, 0.29) is 0 Å². The molecule has 3 heteroatoms. The van der Waals surface area contributed by atoms with Crippen LogP contribution in [0.3, 0.4) is 0 Å². The number of methoxy groups -OCH3 is 1. The van der Waals surface area contributed by atoms with Crippen molar-refractivity contribution in [1.82, 2.24) is 0 Å². The number of hydrogen-bond acceptors (Lipinski definition) is 3. The molecule has 2 rings (SSSR count). The van der Waals surface area contributed by atoms with E-state index in [0.717, 1.165) is 10.8 Å². The summed E-state index contributed by atoms with van der Waals surface area (Å²) >= 11 is 0. The second-order valence-electron chi connectivity index (χ2n) is 3.00. The van der Waals surface area contributed by atoms with Gasteiger partial charge in [-0.15, -0.1) is 0 Å². The molecule has 0 spiro atoms. The summed E-state index contributed by atoms with van der Waals surface area (Å²) in [5, 5.41) is 1.82. The van der Waals surface area contributed by atoms with E-state index >= 15 is 0 Å². The summed E-state index contributed by atoms with van der Waals surface area (Å²) in [6.07, 6.45) is 0. The molecule has 1 radical (unpaired) electrons. The molecular weight excluding hydrogens is 192 g/mol. The zero-order chi connectivity index (χ0) is 10.7. The molecule has 0 bridgehead atoms. The van der Waals surface area contributed by atoms with Crippen LogP contribution in [-0.4, -0.2) is 13.6 Å². The summed E-state index contributed by atoms with van der Waals surface area (Å²) in [6, 6.07) is 11.3. The Morgan fingerprint density at radius 2 is 1.93 bits per heavy atom. The van der Waals surface area contributed by atoms with Gasteiger partial charge in [0.25, 0.3) is 0 Å². The van der Waals surface area contributed by atoms with E-state index in [1.165, 1.54) is 13.6 Å². The summed E-state index contributed by atoms with van der Waals surface area (Å²) in [7, 11) is 1.53. The van der Waals surface area contributed by atoms with Crippen molar-refractivity contribution in [1.29, 1.82) is 0 Å². The fraction of sp³-hybridized carbons (Fsp3) is 0.0833. The van der Waals surface area contributed by atoms with Crippen molar-refractivity contribution in [2.75, 3.05) is 7.11 Å². The quantitative estimate of drug-likeness (QED) is 0.764. The van der Waals surface area contributed by atoms with Crippen LogP contribution in [0.4, 0.5) is 0 Å². The number of benzene rings is 2. The predicted molar refractivity (Wildman–Crippen MR) is 56.8 cm³/mol. The molecule has 0 aliphatic rings. The van der Waals surface area contributed by atoms with Crippen molar-refractivity contribution in [3.05, 3.63) is 36.4 Å². The van der Waals surface area contributed by atoms with Gasteiger partial charge in [0, 0.05) is 5.39 Å². The normalized spacial score (nSPS) is 9.93. The molecule has 15 heavy (non-hydrogen) atoms. The molecule has 0 atom stereocenters. The maximum Gasteiger partial charge on any atom is 0.423 e. The second kappa shape index (κ2) is 4.00. The minimum atomic E-state index is 0.408. The molecule has 0 unspecified atom stereocenters. The molecule has 3 nitrogen and oxygen atoms in total. The Hall–Kier alpha value is -2.03. The van der Waals surface area contributed by atoms with Crippen molar-refractivity contribution >= 4 is 17.2 Å². The molecule has 0 saturated heterocycles. The highest BCUT2D eigenvalue weighted by Crippen LogP contribution is 2.34. The fourth-order valence-corrected chi connectivity index (χ4v) is 1.53. The number of hydrogen-bond donors (Lipinski definition) is 0. The Labute approximate surface area is 87.2 Å². The van der Waals surface area contributed by atoms with Crippen LogP contribution in [0.15, 0.2) is 36.4 Å². The van der Waals surface area contributed by atoms with Gasteiger partial charge in [0.05, 0.1) is 7.11 Å². The molecule has 75 valence electrons. The van der Waals surface area contributed by atoms with Gasteiger partial charge in [-0.25, -0.2) is 4.79 Å². The predicted octanol–water partition coefficient (Wildman–Crippen LogP) is 2.29. The zero-order valence-electron chi connectivity index (χ0n) is 8.19. The first-order chi connectivity index (χ1) is 7.36. The summed E-state index contributed by atoms with van der Waals surface area (Å²) in [6.45, 7) is 1.42. The van der Waals surface area contributed by atoms with Crippen LogP contribution in [0.2, 0.25) is 0 Å². The Balaban J connectivity index is 2.72. The van der Waals surface area contributed by atoms with Crippen molar-refractivity contribution in [3.8, 4) is 11.5 Å². The number of fused-ring (bicyclic) bond motifs is 1. The van der Waals surface area contributed by atoms with Gasteiger partial charge in [-0.3, -0.25) is 0 Å². The highest BCUT2D eigenvalue weighted by molar-refractivity contribution is 5.91.